The molecule has 10 nitrogen and oxygen atoms in total. The van der Waals surface area contributed by atoms with Gasteiger partial charge in [0.05, 0.1) is 23.8 Å². The number of rotatable bonds is 6. The van der Waals surface area contributed by atoms with E-state index in [1.807, 2.05) is 0 Å². The third-order valence-electron chi connectivity index (χ3n) is 3.76. The summed E-state index contributed by atoms with van der Waals surface area (Å²) in [7, 11) is 0. The zero-order valence-electron chi connectivity index (χ0n) is 13.5. The zero-order valence-corrected chi connectivity index (χ0v) is 13.5. The Kier molecular flexibility index (Phi) is 6.39. The predicted molar refractivity (Wildman–Crippen MR) is 83.4 cm³/mol. The smallest absolute Gasteiger partial charge is 0.252 e. The van der Waals surface area contributed by atoms with Crippen LogP contribution in [0.5, 0.6) is 0 Å². The first-order valence-electron chi connectivity index (χ1n) is 7.65. The quantitative estimate of drug-likeness (QED) is 0.357. The Morgan fingerprint density at radius 1 is 1.24 bits per heavy atom. The fraction of sp³-hybridized carbons (Fsp3) is 0.533. The number of aromatic nitrogens is 1. The van der Waals surface area contributed by atoms with Crippen LogP contribution in [-0.2, 0) is 9.47 Å². The van der Waals surface area contributed by atoms with Crippen LogP contribution in [0.1, 0.15) is 27.6 Å². The lowest BCUT2D eigenvalue weighted by Crippen LogP contribution is -2.57. The first kappa shape index (κ1) is 19.2. The molecule has 0 bridgehead atoms. The van der Waals surface area contributed by atoms with Crippen molar-refractivity contribution in [2.24, 2.45) is 5.73 Å². The molecule has 0 radical (unpaired) electrons. The lowest BCUT2D eigenvalue weighted by atomic mass is 10.0. The van der Waals surface area contributed by atoms with Gasteiger partial charge >= 0.3 is 0 Å². The van der Waals surface area contributed by atoms with E-state index < -0.39 is 42.5 Å². The standard InChI is InChI=1S/C15H21N3O7/c1-7-10(19)11(20)12(21)15(25-7)24-3-2-18-14(23)9-4-8(13(16)22)5-17-6-9/h4-7,10-12,15,19-21H,2-3H2,1H3,(H2,16,22)(H,18,23)/t7-,10+,11+,12-,15+/m0/s1. The number of carbonyl (C=O) groups excluding carboxylic acids is 2. The third-order valence-corrected chi connectivity index (χ3v) is 3.76. The molecule has 1 aliphatic heterocycles. The van der Waals surface area contributed by atoms with Crippen LogP contribution < -0.4 is 11.1 Å². The van der Waals surface area contributed by atoms with Crippen LogP contribution >= 0.6 is 0 Å². The second-order valence-electron chi connectivity index (χ2n) is 5.63. The van der Waals surface area contributed by atoms with Crippen LogP contribution in [-0.4, -0.2) is 76.0 Å². The highest BCUT2D eigenvalue weighted by Crippen LogP contribution is 2.21. The summed E-state index contributed by atoms with van der Waals surface area (Å²) >= 11 is 0. The molecular weight excluding hydrogens is 334 g/mol. The van der Waals surface area contributed by atoms with E-state index in [9.17, 15) is 24.9 Å². The van der Waals surface area contributed by atoms with Crippen molar-refractivity contribution >= 4 is 11.8 Å². The minimum Gasteiger partial charge on any atom is -0.388 e. The first-order valence-corrected chi connectivity index (χ1v) is 7.65. The molecule has 0 spiro atoms. The Balaban J connectivity index is 1.80. The van der Waals surface area contributed by atoms with Gasteiger partial charge in [0.25, 0.3) is 5.91 Å². The molecule has 1 fully saturated rings. The summed E-state index contributed by atoms with van der Waals surface area (Å²) in [6.07, 6.45) is -3.28. The summed E-state index contributed by atoms with van der Waals surface area (Å²) < 4.78 is 10.5. The average Bonchev–Trinajstić information content (AvgIpc) is 2.60. The van der Waals surface area contributed by atoms with Gasteiger partial charge in [0.2, 0.25) is 5.91 Å². The Hall–Kier alpha value is -2.11. The zero-order chi connectivity index (χ0) is 18.6. The molecule has 1 aromatic rings. The normalized spacial score (nSPS) is 29.2. The molecular formula is C15H21N3O7. The van der Waals surface area contributed by atoms with Crippen molar-refractivity contribution in [3.63, 3.8) is 0 Å². The van der Waals surface area contributed by atoms with Crippen molar-refractivity contribution in [2.45, 2.75) is 37.6 Å². The van der Waals surface area contributed by atoms with Crippen LogP contribution in [0.2, 0.25) is 0 Å². The van der Waals surface area contributed by atoms with E-state index in [4.69, 9.17) is 15.2 Å². The van der Waals surface area contributed by atoms with Crippen molar-refractivity contribution in [3.05, 3.63) is 29.6 Å². The summed E-state index contributed by atoms with van der Waals surface area (Å²) in [4.78, 5) is 26.8. The van der Waals surface area contributed by atoms with Gasteiger partial charge < -0.3 is 35.8 Å². The van der Waals surface area contributed by atoms with Gasteiger partial charge in [-0.1, -0.05) is 0 Å². The van der Waals surface area contributed by atoms with Crippen molar-refractivity contribution in [1.29, 1.82) is 0 Å². The van der Waals surface area contributed by atoms with Crippen LogP contribution in [0.3, 0.4) is 0 Å². The molecule has 0 aromatic carbocycles. The lowest BCUT2D eigenvalue weighted by molar-refractivity contribution is -0.292. The monoisotopic (exact) mass is 355 g/mol. The number of primary amides is 1. The predicted octanol–water partition coefficient (Wildman–Crippen LogP) is -2.25. The number of carbonyl (C=O) groups is 2. The van der Waals surface area contributed by atoms with E-state index in [1.165, 1.54) is 25.4 Å². The summed E-state index contributed by atoms with van der Waals surface area (Å²) in [5, 5.41) is 31.6. The highest BCUT2D eigenvalue weighted by molar-refractivity contribution is 5.98. The molecule has 2 rings (SSSR count). The molecule has 10 heteroatoms. The van der Waals surface area contributed by atoms with Crippen LogP contribution in [0.25, 0.3) is 0 Å². The van der Waals surface area contributed by atoms with Crippen molar-refractivity contribution in [1.82, 2.24) is 10.3 Å². The minimum absolute atomic E-state index is 0.00800. The summed E-state index contributed by atoms with van der Waals surface area (Å²) in [6.45, 7) is 1.61. The molecule has 138 valence electrons. The Bertz CT molecular complexity index is 627. The fourth-order valence-electron chi connectivity index (χ4n) is 2.29. The number of amides is 2. The molecule has 5 atom stereocenters. The van der Waals surface area contributed by atoms with Gasteiger partial charge in [-0.3, -0.25) is 14.6 Å². The number of hydrogen-bond donors (Lipinski definition) is 5. The number of hydrogen-bond acceptors (Lipinski definition) is 8. The fourth-order valence-corrected chi connectivity index (χ4v) is 2.29. The maximum atomic E-state index is 12.0. The van der Waals surface area contributed by atoms with E-state index in [0.29, 0.717) is 0 Å². The number of aliphatic hydroxyl groups is 3. The first-order chi connectivity index (χ1) is 11.8. The van der Waals surface area contributed by atoms with Crippen LogP contribution in [0.4, 0.5) is 0 Å². The van der Waals surface area contributed by atoms with Gasteiger partial charge in [-0.15, -0.1) is 0 Å². The third kappa shape index (κ3) is 4.71. The highest BCUT2D eigenvalue weighted by atomic mass is 16.7. The summed E-state index contributed by atoms with van der Waals surface area (Å²) in [5.74, 6) is -1.17. The van der Waals surface area contributed by atoms with Gasteiger partial charge in [0.15, 0.2) is 6.29 Å². The van der Waals surface area contributed by atoms with E-state index >= 15 is 0 Å². The number of ether oxygens (including phenoxy) is 2. The van der Waals surface area contributed by atoms with Gasteiger partial charge in [-0.05, 0) is 13.0 Å². The number of nitrogens with one attached hydrogen (secondary N) is 1. The highest BCUT2D eigenvalue weighted by Gasteiger charge is 2.42. The molecule has 25 heavy (non-hydrogen) atoms. The number of nitrogens with two attached hydrogens (primary N) is 1. The van der Waals surface area contributed by atoms with Gasteiger partial charge in [-0.2, -0.15) is 0 Å². The second kappa shape index (κ2) is 8.32. The SMILES string of the molecule is C[C@@H]1O[C@@H](OCCNC(=O)c2cncc(C(N)=O)c2)[C@@H](O)[C@H](O)[C@@H]1O. The summed E-state index contributed by atoms with van der Waals surface area (Å²) in [6, 6.07) is 1.32. The maximum absolute atomic E-state index is 12.0. The molecule has 0 aliphatic carbocycles. The van der Waals surface area contributed by atoms with Crippen LogP contribution in [0.15, 0.2) is 18.5 Å². The Morgan fingerprint density at radius 2 is 1.92 bits per heavy atom. The number of aliphatic hydroxyl groups excluding tert-OH is 3. The molecule has 0 saturated carbocycles. The molecule has 0 unspecified atom stereocenters. The lowest BCUT2D eigenvalue weighted by Gasteiger charge is -2.38. The van der Waals surface area contributed by atoms with Crippen molar-refractivity contribution < 1.29 is 34.4 Å². The van der Waals surface area contributed by atoms with E-state index in [-0.39, 0.29) is 24.3 Å². The van der Waals surface area contributed by atoms with Gasteiger partial charge in [-0.25, -0.2) is 0 Å². The van der Waals surface area contributed by atoms with Gasteiger partial charge in [0, 0.05) is 18.9 Å². The molecule has 1 aliphatic rings. The van der Waals surface area contributed by atoms with Crippen molar-refractivity contribution in [3.8, 4) is 0 Å². The average molecular weight is 355 g/mol. The second-order valence-corrected chi connectivity index (χ2v) is 5.63. The van der Waals surface area contributed by atoms with Crippen molar-refractivity contribution in [2.75, 3.05) is 13.2 Å². The van der Waals surface area contributed by atoms with E-state index in [0.717, 1.165) is 0 Å². The Labute approximate surface area is 143 Å². The van der Waals surface area contributed by atoms with Crippen LogP contribution in [0, 0.1) is 0 Å². The summed E-state index contributed by atoms with van der Waals surface area (Å²) in [5.41, 5.74) is 5.40. The minimum atomic E-state index is -1.40. The molecule has 6 N–H and O–H groups in total. The molecule has 1 aromatic heterocycles. The number of nitrogens with zero attached hydrogens (tertiary/aromatic N) is 1. The molecule has 1 saturated heterocycles. The molecule has 2 heterocycles. The molecule has 2 amide bonds. The van der Waals surface area contributed by atoms with Gasteiger partial charge in [0.1, 0.15) is 18.3 Å². The number of pyridine rings is 1. The maximum Gasteiger partial charge on any atom is 0.252 e. The van der Waals surface area contributed by atoms with E-state index in [2.05, 4.69) is 10.3 Å². The topological polar surface area (TPSA) is 164 Å². The largest absolute Gasteiger partial charge is 0.388 e. The van der Waals surface area contributed by atoms with E-state index in [1.54, 1.807) is 0 Å². The Morgan fingerprint density at radius 3 is 2.60 bits per heavy atom.